The van der Waals surface area contributed by atoms with Crippen LogP contribution in [0.4, 0.5) is 0 Å². The molecular formula is C11H25ClN2O. The first-order chi connectivity index (χ1) is 6.83. The van der Waals surface area contributed by atoms with Gasteiger partial charge in [0, 0.05) is 19.7 Å². The molecule has 4 heteroatoms. The van der Waals surface area contributed by atoms with Crippen molar-refractivity contribution in [3.05, 3.63) is 0 Å². The van der Waals surface area contributed by atoms with E-state index in [0.717, 1.165) is 25.7 Å². The molecule has 0 radical (unpaired) electrons. The average Bonchev–Trinajstić information content (AvgIpc) is 2.20. The third-order valence-electron chi connectivity index (χ3n) is 2.79. The lowest BCUT2D eigenvalue weighted by Crippen LogP contribution is -2.37. The summed E-state index contributed by atoms with van der Waals surface area (Å²) in [7, 11) is 2.19. The molecular weight excluding hydrogens is 212 g/mol. The van der Waals surface area contributed by atoms with Crippen LogP contribution in [0.25, 0.3) is 0 Å². The van der Waals surface area contributed by atoms with E-state index in [1.54, 1.807) is 0 Å². The van der Waals surface area contributed by atoms with E-state index in [0.29, 0.717) is 0 Å². The fourth-order valence-corrected chi connectivity index (χ4v) is 1.98. The molecule has 0 bridgehead atoms. The largest absolute Gasteiger partial charge is 0.380 e. The van der Waals surface area contributed by atoms with Crippen molar-refractivity contribution in [3.63, 3.8) is 0 Å². The minimum absolute atomic E-state index is 0. The first kappa shape index (κ1) is 15.2. The Bertz CT molecular complexity index is 141. The van der Waals surface area contributed by atoms with Crippen LogP contribution < -0.4 is 5.32 Å². The predicted molar refractivity (Wildman–Crippen MR) is 66.8 cm³/mol. The molecule has 0 amide bonds. The van der Waals surface area contributed by atoms with Gasteiger partial charge in [-0.15, -0.1) is 12.4 Å². The molecule has 0 saturated carbocycles. The van der Waals surface area contributed by atoms with Crippen LogP contribution in [-0.4, -0.2) is 51.3 Å². The fourth-order valence-electron chi connectivity index (χ4n) is 1.98. The first-order valence-electron chi connectivity index (χ1n) is 5.80. The predicted octanol–water partition coefficient (Wildman–Crippen LogP) is 1.38. The van der Waals surface area contributed by atoms with Gasteiger partial charge in [-0.1, -0.05) is 0 Å². The standard InChI is InChI=1S/C11H24N2O.ClH/c1-3-14-8-7-13(2)10-11-5-4-6-12-9-11;/h11-12H,3-10H2,1-2H3;1H. The molecule has 1 atom stereocenters. The molecule has 1 aliphatic heterocycles. The molecule has 0 spiro atoms. The highest BCUT2D eigenvalue weighted by Gasteiger charge is 2.14. The zero-order valence-corrected chi connectivity index (χ0v) is 10.8. The van der Waals surface area contributed by atoms with Crippen molar-refractivity contribution in [2.45, 2.75) is 19.8 Å². The number of ether oxygens (including phenoxy) is 1. The normalized spacial score (nSPS) is 21.4. The monoisotopic (exact) mass is 236 g/mol. The molecule has 92 valence electrons. The summed E-state index contributed by atoms with van der Waals surface area (Å²) in [6.45, 7) is 8.42. The van der Waals surface area contributed by atoms with E-state index in [2.05, 4.69) is 17.3 Å². The summed E-state index contributed by atoms with van der Waals surface area (Å²) >= 11 is 0. The van der Waals surface area contributed by atoms with Crippen molar-refractivity contribution >= 4 is 12.4 Å². The number of hydrogen-bond acceptors (Lipinski definition) is 3. The number of hydrogen-bond donors (Lipinski definition) is 1. The first-order valence-corrected chi connectivity index (χ1v) is 5.80. The number of likely N-dealkylation sites (N-methyl/N-ethyl adjacent to an activating group) is 1. The van der Waals surface area contributed by atoms with E-state index < -0.39 is 0 Å². The second-order valence-electron chi connectivity index (χ2n) is 4.17. The average molecular weight is 237 g/mol. The minimum atomic E-state index is 0. The van der Waals surface area contributed by atoms with E-state index in [1.165, 1.54) is 32.5 Å². The van der Waals surface area contributed by atoms with E-state index >= 15 is 0 Å². The van der Waals surface area contributed by atoms with Crippen LogP contribution in [0.3, 0.4) is 0 Å². The Morgan fingerprint density at radius 2 is 2.27 bits per heavy atom. The lowest BCUT2D eigenvalue weighted by molar-refractivity contribution is 0.114. The lowest BCUT2D eigenvalue weighted by Gasteiger charge is -2.27. The van der Waals surface area contributed by atoms with Gasteiger partial charge < -0.3 is 15.0 Å². The molecule has 1 N–H and O–H groups in total. The van der Waals surface area contributed by atoms with Crippen molar-refractivity contribution < 1.29 is 4.74 Å². The maximum atomic E-state index is 5.34. The van der Waals surface area contributed by atoms with Crippen LogP contribution in [0.5, 0.6) is 0 Å². The molecule has 0 aliphatic carbocycles. The Balaban J connectivity index is 0.00000196. The topological polar surface area (TPSA) is 24.5 Å². The molecule has 1 rings (SSSR count). The van der Waals surface area contributed by atoms with Gasteiger partial charge >= 0.3 is 0 Å². The van der Waals surface area contributed by atoms with E-state index in [4.69, 9.17) is 4.74 Å². The van der Waals surface area contributed by atoms with Crippen molar-refractivity contribution in [2.75, 3.05) is 46.4 Å². The van der Waals surface area contributed by atoms with Crippen molar-refractivity contribution in [1.82, 2.24) is 10.2 Å². The lowest BCUT2D eigenvalue weighted by atomic mass is 9.99. The van der Waals surface area contributed by atoms with Crippen LogP contribution in [0.1, 0.15) is 19.8 Å². The molecule has 1 aliphatic rings. The Labute approximate surface area is 100.0 Å². The van der Waals surface area contributed by atoms with Gasteiger partial charge in [0.05, 0.1) is 6.61 Å². The maximum Gasteiger partial charge on any atom is 0.0593 e. The van der Waals surface area contributed by atoms with Crippen LogP contribution in [0.2, 0.25) is 0 Å². The van der Waals surface area contributed by atoms with Gasteiger partial charge in [-0.05, 0) is 45.8 Å². The Morgan fingerprint density at radius 3 is 2.87 bits per heavy atom. The second-order valence-corrected chi connectivity index (χ2v) is 4.17. The third-order valence-corrected chi connectivity index (χ3v) is 2.79. The Kier molecular flexibility index (Phi) is 9.51. The SMILES string of the molecule is CCOCCN(C)CC1CCCNC1.Cl. The van der Waals surface area contributed by atoms with Crippen molar-refractivity contribution in [1.29, 1.82) is 0 Å². The quantitative estimate of drug-likeness (QED) is 0.706. The molecule has 3 nitrogen and oxygen atoms in total. The summed E-state index contributed by atoms with van der Waals surface area (Å²) in [6, 6.07) is 0. The molecule has 15 heavy (non-hydrogen) atoms. The number of piperidine rings is 1. The molecule has 1 heterocycles. The van der Waals surface area contributed by atoms with Gasteiger partial charge in [0.2, 0.25) is 0 Å². The highest BCUT2D eigenvalue weighted by Crippen LogP contribution is 2.10. The summed E-state index contributed by atoms with van der Waals surface area (Å²) in [4.78, 5) is 2.38. The van der Waals surface area contributed by atoms with Gasteiger partial charge in [0.25, 0.3) is 0 Å². The molecule has 0 aromatic carbocycles. The highest BCUT2D eigenvalue weighted by atomic mass is 35.5. The van der Waals surface area contributed by atoms with Crippen LogP contribution in [0, 0.1) is 5.92 Å². The molecule has 0 aromatic heterocycles. The summed E-state index contributed by atoms with van der Waals surface area (Å²) in [5.41, 5.74) is 0. The molecule has 1 unspecified atom stereocenters. The van der Waals surface area contributed by atoms with Gasteiger partial charge in [0.1, 0.15) is 0 Å². The Morgan fingerprint density at radius 1 is 1.47 bits per heavy atom. The van der Waals surface area contributed by atoms with Gasteiger partial charge in [-0.2, -0.15) is 0 Å². The smallest absolute Gasteiger partial charge is 0.0593 e. The second kappa shape index (κ2) is 9.40. The molecule has 1 fully saturated rings. The number of rotatable bonds is 6. The summed E-state index contributed by atoms with van der Waals surface area (Å²) in [6.07, 6.45) is 2.72. The maximum absolute atomic E-state index is 5.34. The highest BCUT2D eigenvalue weighted by molar-refractivity contribution is 5.85. The number of nitrogens with zero attached hydrogens (tertiary/aromatic N) is 1. The van der Waals surface area contributed by atoms with E-state index in [1.807, 2.05) is 6.92 Å². The number of halogens is 1. The molecule has 0 aromatic rings. The zero-order chi connectivity index (χ0) is 10.2. The van der Waals surface area contributed by atoms with Gasteiger partial charge in [0.15, 0.2) is 0 Å². The van der Waals surface area contributed by atoms with Gasteiger partial charge in [-0.3, -0.25) is 0 Å². The minimum Gasteiger partial charge on any atom is -0.380 e. The van der Waals surface area contributed by atoms with Crippen molar-refractivity contribution in [3.8, 4) is 0 Å². The van der Waals surface area contributed by atoms with Crippen LogP contribution in [0.15, 0.2) is 0 Å². The summed E-state index contributed by atoms with van der Waals surface area (Å²) < 4.78 is 5.34. The summed E-state index contributed by atoms with van der Waals surface area (Å²) in [5.74, 6) is 0.843. The zero-order valence-electron chi connectivity index (χ0n) is 10.00. The molecule has 1 saturated heterocycles. The van der Waals surface area contributed by atoms with E-state index in [9.17, 15) is 0 Å². The van der Waals surface area contributed by atoms with E-state index in [-0.39, 0.29) is 12.4 Å². The van der Waals surface area contributed by atoms with Crippen LogP contribution >= 0.6 is 12.4 Å². The van der Waals surface area contributed by atoms with Crippen molar-refractivity contribution in [2.24, 2.45) is 5.92 Å². The van der Waals surface area contributed by atoms with Gasteiger partial charge in [-0.25, -0.2) is 0 Å². The Hall–Kier alpha value is 0.170. The summed E-state index contributed by atoms with van der Waals surface area (Å²) in [5, 5.41) is 3.45. The van der Waals surface area contributed by atoms with Crippen LogP contribution in [-0.2, 0) is 4.74 Å². The number of nitrogens with one attached hydrogen (secondary N) is 1. The third kappa shape index (κ3) is 7.12. The fraction of sp³-hybridized carbons (Fsp3) is 1.00.